The van der Waals surface area contributed by atoms with Crippen molar-refractivity contribution in [2.75, 3.05) is 40.3 Å². The van der Waals surface area contributed by atoms with E-state index in [2.05, 4.69) is 10.2 Å². The Morgan fingerprint density at radius 2 is 1.70 bits per heavy atom. The topological polar surface area (TPSA) is 78.9 Å². The molecule has 0 radical (unpaired) electrons. The SMILES string of the molecule is COc1ccc([C@H](C)NC(=O)c2cc(S(=O)(=O)N3CCN(C)CC3)ccc2C)cc1. The predicted molar refractivity (Wildman–Crippen MR) is 116 cm³/mol. The van der Waals surface area contributed by atoms with Crippen molar-refractivity contribution >= 4 is 15.9 Å². The van der Waals surface area contributed by atoms with Crippen molar-refractivity contribution in [1.82, 2.24) is 14.5 Å². The van der Waals surface area contributed by atoms with Gasteiger partial charge in [-0.3, -0.25) is 4.79 Å². The summed E-state index contributed by atoms with van der Waals surface area (Å²) in [5, 5.41) is 2.96. The summed E-state index contributed by atoms with van der Waals surface area (Å²) in [5.41, 5.74) is 2.03. The van der Waals surface area contributed by atoms with E-state index in [1.807, 2.05) is 38.2 Å². The molecule has 1 aliphatic heterocycles. The summed E-state index contributed by atoms with van der Waals surface area (Å²) < 4.78 is 32.7. The molecule has 2 aromatic rings. The Morgan fingerprint density at radius 1 is 1.07 bits per heavy atom. The van der Waals surface area contributed by atoms with Gasteiger partial charge in [-0.05, 0) is 56.3 Å². The Morgan fingerprint density at radius 3 is 2.30 bits per heavy atom. The molecule has 1 atom stereocenters. The minimum Gasteiger partial charge on any atom is -0.497 e. The van der Waals surface area contributed by atoms with Crippen LogP contribution in [0.3, 0.4) is 0 Å². The van der Waals surface area contributed by atoms with Gasteiger partial charge in [-0.1, -0.05) is 18.2 Å². The number of amides is 1. The molecule has 0 unspecified atom stereocenters. The quantitative estimate of drug-likeness (QED) is 0.760. The lowest BCUT2D eigenvalue weighted by molar-refractivity contribution is 0.0939. The molecule has 162 valence electrons. The average Bonchev–Trinajstić information content (AvgIpc) is 2.74. The molecule has 1 aliphatic rings. The van der Waals surface area contributed by atoms with Crippen molar-refractivity contribution in [3.05, 3.63) is 59.2 Å². The average molecular weight is 432 g/mol. The summed E-state index contributed by atoms with van der Waals surface area (Å²) >= 11 is 0. The first-order valence-electron chi connectivity index (χ1n) is 9.96. The van der Waals surface area contributed by atoms with E-state index in [1.54, 1.807) is 26.2 Å². The highest BCUT2D eigenvalue weighted by molar-refractivity contribution is 7.89. The van der Waals surface area contributed by atoms with Crippen molar-refractivity contribution in [3.8, 4) is 5.75 Å². The van der Waals surface area contributed by atoms with Gasteiger partial charge in [-0.15, -0.1) is 0 Å². The fourth-order valence-electron chi connectivity index (χ4n) is 3.43. The number of sulfonamides is 1. The Balaban J connectivity index is 1.79. The Hall–Kier alpha value is -2.42. The molecule has 1 fully saturated rings. The van der Waals surface area contributed by atoms with Crippen LogP contribution < -0.4 is 10.1 Å². The van der Waals surface area contributed by atoms with Gasteiger partial charge in [0, 0.05) is 31.7 Å². The molecule has 0 bridgehead atoms. The zero-order chi connectivity index (χ0) is 21.9. The van der Waals surface area contributed by atoms with Gasteiger partial charge in [-0.2, -0.15) is 4.31 Å². The molecule has 1 saturated heterocycles. The number of rotatable bonds is 6. The fraction of sp³-hybridized carbons (Fsp3) is 0.409. The maximum Gasteiger partial charge on any atom is 0.252 e. The van der Waals surface area contributed by atoms with E-state index in [1.165, 1.54) is 10.4 Å². The first-order valence-corrected chi connectivity index (χ1v) is 11.4. The van der Waals surface area contributed by atoms with E-state index in [9.17, 15) is 13.2 Å². The van der Waals surface area contributed by atoms with Gasteiger partial charge in [0.2, 0.25) is 10.0 Å². The number of likely N-dealkylation sites (N-methyl/N-ethyl adjacent to an activating group) is 1. The number of ether oxygens (including phenoxy) is 1. The molecule has 1 amide bonds. The van der Waals surface area contributed by atoms with Crippen molar-refractivity contribution in [1.29, 1.82) is 0 Å². The maximum absolute atomic E-state index is 13.0. The Bertz CT molecular complexity index is 998. The molecule has 0 saturated carbocycles. The molecule has 1 heterocycles. The van der Waals surface area contributed by atoms with Gasteiger partial charge in [0.05, 0.1) is 18.0 Å². The van der Waals surface area contributed by atoms with Crippen molar-refractivity contribution in [2.24, 2.45) is 0 Å². The number of carbonyl (C=O) groups excluding carboxylic acids is 1. The second-order valence-corrected chi connectivity index (χ2v) is 9.59. The smallest absolute Gasteiger partial charge is 0.252 e. The van der Waals surface area contributed by atoms with Crippen LogP contribution in [0.15, 0.2) is 47.4 Å². The summed E-state index contributed by atoms with van der Waals surface area (Å²) in [4.78, 5) is 15.2. The van der Waals surface area contributed by atoms with Gasteiger partial charge in [0.1, 0.15) is 5.75 Å². The molecule has 3 rings (SSSR count). The van der Waals surface area contributed by atoms with Crippen LogP contribution in [0.4, 0.5) is 0 Å². The van der Waals surface area contributed by atoms with Crippen LogP contribution in [0.2, 0.25) is 0 Å². The van der Waals surface area contributed by atoms with Crippen LogP contribution in [0.5, 0.6) is 5.75 Å². The maximum atomic E-state index is 13.0. The van der Waals surface area contributed by atoms with Crippen LogP contribution >= 0.6 is 0 Å². The fourth-order valence-corrected chi connectivity index (χ4v) is 4.88. The lowest BCUT2D eigenvalue weighted by Gasteiger charge is -2.31. The largest absolute Gasteiger partial charge is 0.497 e. The lowest BCUT2D eigenvalue weighted by Crippen LogP contribution is -2.47. The number of nitrogens with zero attached hydrogens (tertiary/aromatic N) is 2. The monoisotopic (exact) mass is 431 g/mol. The number of nitrogens with one attached hydrogen (secondary N) is 1. The predicted octanol–water partition coefficient (Wildman–Crippen LogP) is 2.43. The number of aryl methyl sites for hydroxylation is 1. The molecule has 0 aliphatic carbocycles. The molecule has 1 N–H and O–H groups in total. The van der Waals surface area contributed by atoms with E-state index < -0.39 is 10.0 Å². The van der Waals surface area contributed by atoms with Crippen LogP contribution in [-0.4, -0.2) is 63.9 Å². The number of carbonyl (C=O) groups is 1. The van der Waals surface area contributed by atoms with E-state index in [-0.39, 0.29) is 16.8 Å². The first kappa shape index (κ1) is 22.3. The summed E-state index contributed by atoms with van der Waals surface area (Å²) in [6.07, 6.45) is 0. The molecule has 0 aromatic heterocycles. The third-order valence-electron chi connectivity index (χ3n) is 5.52. The molecule has 0 spiro atoms. The highest BCUT2D eigenvalue weighted by Gasteiger charge is 2.28. The second-order valence-electron chi connectivity index (χ2n) is 7.65. The minimum atomic E-state index is -3.63. The van der Waals surface area contributed by atoms with Crippen LogP contribution in [0, 0.1) is 6.92 Å². The van der Waals surface area contributed by atoms with Gasteiger partial charge in [0.25, 0.3) is 5.91 Å². The van der Waals surface area contributed by atoms with Crippen LogP contribution in [-0.2, 0) is 10.0 Å². The summed E-state index contributed by atoms with van der Waals surface area (Å²) in [6, 6.07) is 12.0. The van der Waals surface area contributed by atoms with Crippen molar-refractivity contribution < 1.29 is 17.9 Å². The number of hydrogen-bond acceptors (Lipinski definition) is 5. The number of methoxy groups -OCH3 is 1. The summed E-state index contributed by atoms with van der Waals surface area (Å²) in [5.74, 6) is 0.446. The highest BCUT2D eigenvalue weighted by Crippen LogP contribution is 2.22. The molecule has 30 heavy (non-hydrogen) atoms. The second kappa shape index (κ2) is 9.16. The standard InChI is InChI=1S/C22H29N3O4S/c1-16-5-10-20(30(27,28)25-13-11-24(3)12-14-25)15-21(16)22(26)23-17(2)18-6-8-19(29-4)9-7-18/h5-10,15,17H,11-14H2,1-4H3,(H,23,26)/t17-/m0/s1. The van der Waals surface area contributed by atoms with Gasteiger partial charge < -0.3 is 15.0 Å². The van der Waals surface area contributed by atoms with E-state index in [0.29, 0.717) is 31.7 Å². The van der Waals surface area contributed by atoms with Gasteiger partial charge in [0.15, 0.2) is 0 Å². The molecular formula is C22H29N3O4S. The molecule has 7 nitrogen and oxygen atoms in total. The zero-order valence-corrected chi connectivity index (χ0v) is 18.7. The Labute approximate surface area is 178 Å². The normalized spacial score (nSPS) is 16.8. The number of hydrogen-bond donors (Lipinski definition) is 1. The zero-order valence-electron chi connectivity index (χ0n) is 17.9. The third-order valence-corrected chi connectivity index (χ3v) is 7.41. The lowest BCUT2D eigenvalue weighted by atomic mass is 10.1. The first-order chi connectivity index (χ1) is 14.2. The summed E-state index contributed by atoms with van der Waals surface area (Å²) in [6.45, 7) is 5.97. The van der Waals surface area contributed by atoms with Gasteiger partial charge in [-0.25, -0.2) is 8.42 Å². The molecular weight excluding hydrogens is 402 g/mol. The highest BCUT2D eigenvalue weighted by atomic mass is 32.2. The molecule has 2 aromatic carbocycles. The van der Waals surface area contributed by atoms with Crippen LogP contribution in [0.25, 0.3) is 0 Å². The van der Waals surface area contributed by atoms with E-state index >= 15 is 0 Å². The van der Waals surface area contributed by atoms with Crippen molar-refractivity contribution in [3.63, 3.8) is 0 Å². The Kier molecular flexibility index (Phi) is 6.80. The third kappa shape index (κ3) is 4.83. The summed E-state index contributed by atoms with van der Waals surface area (Å²) in [7, 11) is -0.0560. The van der Waals surface area contributed by atoms with Crippen molar-refractivity contribution in [2.45, 2.75) is 24.8 Å². The van der Waals surface area contributed by atoms with E-state index in [4.69, 9.17) is 4.74 Å². The van der Waals surface area contributed by atoms with Crippen LogP contribution in [0.1, 0.15) is 34.5 Å². The molecule has 8 heteroatoms. The number of benzene rings is 2. The van der Waals surface area contributed by atoms with E-state index in [0.717, 1.165) is 16.9 Å². The number of piperazine rings is 1. The van der Waals surface area contributed by atoms with Gasteiger partial charge >= 0.3 is 0 Å². The minimum absolute atomic E-state index is 0.153.